The molecule has 142 valence electrons. The number of nitrogens with zero attached hydrogens (tertiary/aromatic N) is 2. The van der Waals surface area contributed by atoms with Crippen LogP contribution in [0.3, 0.4) is 0 Å². The zero-order valence-electron chi connectivity index (χ0n) is 15.6. The van der Waals surface area contributed by atoms with Crippen molar-refractivity contribution in [2.24, 2.45) is 0 Å². The molecule has 2 aromatic rings. The number of hydrogen-bond acceptors (Lipinski definition) is 3. The van der Waals surface area contributed by atoms with E-state index in [1.165, 1.54) is 4.31 Å². The quantitative estimate of drug-likeness (QED) is 0.745. The van der Waals surface area contributed by atoms with Gasteiger partial charge in [-0.05, 0) is 31.5 Å². The van der Waals surface area contributed by atoms with Crippen LogP contribution >= 0.6 is 0 Å². The highest BCUT2D eigenvalue weighted by atomic mass is 32.2. The number of carbonyl (C=O) groups excluding carboxylic acids is 1. The lowest BCUT2D eigenvalue weighted by molar-refractivity contribution is -0.140. The first-order valence-electron chi connectivity index (χ1n) is 8.90. The molecule has 0 saturated carbocycles. The Morgan fingerprint density at radius 1 is 1.11 bits per heavy atom. The summed E-state index contributed by atoms with van der Waals surface area (Å²) in [4.78, 5) is 14.8. The molecule has 0 spiro atoms. The summed E-state index contributed by atoms with van der Waals surface area (Å²) < 4.78 is 27.7. The minimum absolute atomic E-state index is 0.191. The summed E-state index contributed by atoms with van der Waals surface area (Å²) in [5.41, 5.74) is 1.99. The first-order valence-corrected chi connectivity index (χ1v) is 10.3. The van der Waals surface area contributed by atoms with Crippen LogP contribution in [-0.2, 0) is 21.4 Å². The largest absolute Gasteiger partial charge is 0.335 e. The Balaban J connectivity index is 1.90. The third-order valence-corrected chi connectivity index (χ3v) is 6.88. The second kappa shape index (κ2) is 7.66. The lowest BCUT2D eigenvalue weighted by Gasteiger charge is -2.42. The third-order valence-electron chi connectivity index (χ3n) is 4.87. The zero-order valence-corrected chi connectivity index (χ0v) is 16.4. The van der Waals surface area contributed by atoms with Crippen molar-refractivity contribution in [3.63, 3.8) is 0 Å². The highest BCUT2D eigenvalue weighted by molar-refractivity contribution is 7.89. The Morgan fingerprint density at radius 3 is 2.33 bits per heavy atom. The summed E-state index contributed by atoms with van der Waals surface area (Å²) >= 11 is 0. The van der Waals surface area contributed by atoms with Crippen molar-refractivity contribution in [2.75, 3.05) is 6.54 Å². The van der Waals surface area contributed by atoms with Crippen molar-refractivity contribution < 1.29 is 13.2 Å². The number of amides is 1. The average Bonchev–Trinajstić information content (AvgIpc) is 2.66. The summed E-state index contributed by atoms with van der Waals surface area (Å²) in [6, 6.07) is 15.1. The lowest BCUT2D eigenvalue weighted by Crippen LogP contribution is -2.61. The van der Waals surface area contributed by atoms with E-state index in [9.17, 15) is 13.2 Å². The molecule has 0 unspecified atom stereocenters. The van der Waals surface area contributed by atoms with E-state index in [0.717, 1.165) is 11.1 Å². The molecule has 1 fully saturated rings. The molecule has 0 aromatic heterocycles. The van der Waals surface area contributed by atoms with Crippen LogP contribution in [0.1, 0.15) is 18.1 Å². The standard InChI is InChI=1S/C21H24N2O3S/c1-4-19-15-22(14-18-8-6-5-7-9-18)21(24)17(3)23(19)27(25,26)20-12-10-16(2)11-13-20/h4-13,17,19H,1,14-15H2,2-3H3/t17-,19+/m0/s1. The molecule has 1 saturated heterocycles. The molecule has 5 nitrogen and oxygen atoms in total. The smallest absolute Gasteiger partial charge is 0.244 e. The minimum Gasteiger partial charge on any atom is -0.335 e. The number of benzene rings is 2. The van der Waals surface area contributed by atoms with Crippen LogP contribution in [0.25, 0.3) is 0 Å². The maximum atomic E-state index is 13.2. The fourth-order valence-electron chi connectivity index (χ4n) is 3.40. The Morgan fingerprint density at radius 2 is 1.74 bits per heavy atom. The molecule has 1 amide bonds. The number of hydrogen-bond donors (Lipinski definition) is 0. The van der Waals surface area contributed by atoms with E-state index in [2.05, 4.69) is 6.58 Å². The molecular weight excluding hydrogens is 360 g/mol. The first-order chi connectivity index (χ1) is 12.8. The predicted octanol–water partition coefficient (Wildman–Crippen LogP) is 2.97. The molecule has 6 heteroatoms. The average molecular weight is 385 g/mol. The highest BCUT2D eigenvalue weighted by Gasteiger charge is 2.43. The number of aryl methyl sites for hydroxylation is 1. The van der Waals surface area contributed by atoms with Crippen LogP contribution in [0.15, 0.2) is 72.1 Å². The Labute approximate surface area is 161 Å². The lowest BCUT2D eigenvalue weighted by atomic mass is 10.1. The summed E-state index contributed by atoms with van der Waals surface area (Å²) in [7, 11) is -3.80. The Kier molecular flexibility index (Phi) is 5.48. The van der Waals surface area contributed by atoms with E-state index in [1.54, 1.807) is 42.2 Å². The fourth-order valence-corrected chi connectivity index (χ4v) is 5.14. The van der Waals surface area contributed by atoms with E-state index in [4.69, 9.17) is 0 Å². The third kappa shape index (κ3) is 3.82. The summed E-state index contributed by atoms with van der Waals surface area (Å²) in [5.74, 6) is -0.201. The van der Waals surface area contributed by atoms with Gasteiger partial charge >= 0.3 is 0 Å². The van der Waals surface area contributed by atoms with Crippen LogP contribution in [0, 0.1) is 6.92 Å². The Hall–Kier alpha value is -2.44. The first kappa shape index (κ1) is 19.3. The van der Waals surface area contributed by atoms with Gasteiger partial charge in [0.25, 0.3) is 0 Å². The van der Waals surface area contributed by atoms with Crippen molar-refractivity contribution in [1.29, 1.82) is 0 Å². The Bertz CT molecular complexity index is 922. The monoisotopic (exact) mass is 384 g/mol. The van der Waals surface area contributed by atoms with Crippen LogP contribution in [0.5, 0.6) is 0 Å². The van der Waals surface area contributed by atoms with Gasteiger partial charge in [-0.1, -0.05) is 54.1 Å². The van der Waals surface area contributed by atoms with Crippen molar-refractivity contribution >= 4 is 15.9 Å². The van der Waals surface area contributed by atoms with E-state index in [-0.39, 0.29) is 17.3 Å². The molecule has 0 radical (unpaired) electrons. The molecule has 2 atom stereocenters. The van der Waals surface area contributed by atoms with Gasteiger partial charge in [-0.3, -0.25) is 4.79 Å². The van der Waals surface area contributed by atoms with Gasteiger partial charge in [0.2, 0.25) is 15.9 Å². The number of piperazine rings is 1. The molecule has 0 N–H and O–H groups in total. The van der Waals surface area contributed by atoms with E-state index < -0.39 is 22.1 Å². The van der Waals surface area contributed by atoms with E-state index >= 15 is 0 Å². The molecule has 0 aliphatic carbocycles. The minimum atomic E-state index is -3.80. The van der Waals surface area contributed by atoms with Gasteiger partial charge in [0.05, 0.1) is 10.9 Å². The normalized spacial score (nSPS) is 21.3. The molecule has 3 rings (SSSR count). The van der Waals surface area contributed by atoms with Gasteiger partial charge in [0, 0.05) is 13.1 Å². The maximum Gasteiger partial charge on any atom is 0.244 e. The van der Waals surface area contributed by atoms with Crippen molar-refractivity contribution in [3.8, 4) is 0 Å². The van der Waals surface area contributed by atoms with Gasteiger partial charge in [-0.2, -0.15) is 4.31 Å². The molecule has 27 heavy (non-hydrogen) atoms. The molecular formula is C21H24N2O3S. The number of rotatable bonds is 5. The fraction of sp³-hybridized carbons (Fsp3) is 0.286. The van der Waals surface area contributed by atoms with E-state index in [0.29, 0.717) is 6.54 Å². The van der Waals surface area contributed by atoms with Gasteiger partial charge in [0.15, 0.2) is 0 Å². The van der Waals surface area contributed by atoms with E-state index in [1.807, 2.05) is 37.3 Å². The zero-order chi connectivity index (χ0) is 19.6. The molecule has 0 bridgehead atoms. The number of sulfonamides is 1. The van der Waals surface area contributed by atoms with Crippen molar-refractivity contribution in [3.05, 3.63) is 78.4 Å². The van der Waals surface area contributed by atoms with Gasteiger partial charge in [-0.25, -0.2) is 8.42 Å². The summed E-state index contributed by atoms with van der Waals surface area (Å²) in [6.45, 7) is 8.09. The SMILES string of the molecule is C=C[C@@H]1CN(Cc2ccccc2)C(=O)[C@H](C)N1S(=O)(=O)c1ccc(C)cc1. The van der Waals surface area contributed by atoms with Crippen molar-refractivity contribution in [1.82, 2.24) is 9.21 Å². The summed E-state index contributed by atoms with van der Waals surface area (Å²) in [5, 5.41) is 0. The molecule has 1 heterocycles. The summed E-state index contributed by atoms with van der Waals surface area (Å²) in [6.07, 6.45) is 1.60. The van der Waals surface area contributed by atoms with Crippen molar-refractivity contribution in [2.45, 2.75) is 37.4 Å². The second-order valence-electron chi connectivity index (χ2n) is 6.83. The van der Waals surface area contributed by atoms with Gasteiger partial charge in [-0.15, -0.1) is 6.58 Å². The predicted molar refractivity (Wildman–Crippen MR) is 106 cm³/mol. The second-order valence-corrected chi connectivity index (χ2v) is 8.67. The van der Waals surface area contributed by atoms with Crippen LogP contribution in [0.4, 0.5) is 0 Å². The number of carbonyl (C=O) groups is 1. The van der Waals surface area contributed by atoms with Gasteiger partial charge < -0.3 is 4.90 Å². The van der Waals surface area contributed by atoms with Crippen LogP contribution < -0.4 is 0 Å². The van der Waals surface area contributed by atoms with Crippen LogP contribution in [-0.4, -0.2) is 42.2 Å². The van der Waals surface area contributed by atoms with Crippen LogP contribution in [0.2, 0.25) is 0 Å². The molecule has 1 aliphatic rings. The topological polar surface area (TPSA) is 57.7 Å². The molecule has 1 aliphatic heterocycles. The molecule has 2 aromatic carbocycles. The van der Waals surface area contributed by atoms with Gasteiger partial charge in [0.1, 0.15) is 6.04 Å². The maximum absolute atomic E-state index is 13.2. The highest BCUT2D eigenvalue weighted by Crippen LogP contribution is 2.27.